The van der Waals surface area contributed by atoms with Gasteiger partial charge in [0.1, 0.15) is 27.5 Å². The van der Waals surface area contributed by atoms with Crippen molar-refractivity contribution >= 4 is 48.8 Å². The SMILES string of the molecule is COc1ccc(N=C2SSC(=Nc3ccc(OC)cc3)C2C(=O)c2ccncc2)cc1. The first-order chi connectivity index (χ1) is 15.2. The molecule has 0 radical (unpaired) electrons. The first-order valence-corrected chi connectivity index (χ1v) is 11.6. The number of pyridine rings is 1. The molecule has 2 aromatic carbocycles. The zero-order valence-corrected chi connectivity index (χ0v) is 18.5. The zero-order valence-electron chi connectivity index (χ0n) is 16.9. The number of rotatable bonds is 6. The molecule has 0 atom stereocenters. The molecular weight excluding hydrogens is 430 g/mol. The molecule has 1 aliphatic heterocycles. The lowest BCUT2D eigenvalue weighted by molar-refractivity contribution is 0.0981. The average molecular weight is 450 g/mol. The summed E-state index contributed by atoms with van der Waals surface area (Å²) >= 11 is 0. The van der Waals surface area contributed by atoms with Gasteiger partial charge in [0, 0.05) is 18.0 Å². The van der Waals surface area contributed by atoms with Crippen molar-refractivity contribution in [1.82, 2.24) is 4.98 Å². The number of aromatic nitrogens is 1. The lowest BCUT2D eigenvalue weighted by Crippen LogP contribution is -2.24. The van der Waals surface area contributed by atoms with Crippen LogP contribution < -0.4 is 9.47 Å². The second-order valence-corrected chi connectivity index (χ2v) is 8.67. The molecular formula is C23H19N3O3S2. The maximum Gasteiger partial charge on any atom is 0.179 e. The number of hydrogen-bond acceptors (Lipinski definition) is 8. The lowest BCUT2D eigenvalue weighted by atomic mass is 10.00. The number of carbonyl (C=O) groups excluding carboxylic acids is 1. The fraction of sp³-hybridized carbons (Fsp3) is 0.130. The van der Waals surface area contributed by atoms with Crippen molar-refractivity contribution in [2.45, 2.75) is 0 Å². The van der Waals surface area contributed by atoms with Gasteiger partial charge in [-0.15, -0.1) is 0 Å². The number of aliphatic imine (C=N–C) groups is 2. The number of ether oxygens (including phenoxy) is 2. The Balaban J connectivity index is 1.71. The quantitative estimate of drug-likeness (QED) is 0.352. The summed E-state index contributed by atoms with van der Waals surface area (Å²) in [6.07, 6.45) is 3.23. The number of benzene rings is 2. The van der Waals surface area contributed by atoms with Crippen LogP contribution >= 0.6 is 21.6 Å². The Bertz CT molecular complexity index is 1050. The Morgan fingerprint density at radius 3 is 1.65 bits per heavy atom. The molecule has 2 heterocycles. The van der Waals surface area contributed by atoms with E-state index in [1.54, 1.807) is 38.7 Å². The monoisotopic (exact) mass is 449 g/mol. The Hall–Kier alpha value is -3.10. The van der Waals surface area contributed by atoms with E-state index >= 15 is 0 Å². The van der Waals surface area contributed by atoms with E-state index in [9.17, 15) is 4.79 Å². The summed E-state index contributed by atoms with van der Waals surface area (Å²) in [7, 11) is 6.15. The van der Waals surface area contributed by atoms with Crippen LogP contribution in [-0.2, 0) is 0 Å². The average Bonchev–Trinajstić information content (AvgIpc) is 3.21. The predicted molar refractivity (Wildman–Crippen MR) is 127 cm³/mol. The Morgan fingerprint density at radius 2 is 1.23 bits per heavy atom. The van der Waals surface area contributed by atoms with Crippen molar-refractivity contribution in [2.24, 2.45) is 15.9 Å². The van der Waals surface area contributed by atoms with Crippen molar-refractivity contribution in [3.05, 3.63) is 78.6 Å². The van der Waals surface area contributed by atoms with Gasteiger partial charge in [-0.25, -0.2) is 9.98 Å². The van der Waals surface area contributed by atoms with Crippen LogP contribution in [0.25, 0.3) is 0 Å². The Kier molecular flexibility index (Phi) is 6.69. The van der Waals surface area contributed by atoms with Crippen LogP contribution in [0.4, 0.5) is 11.4 Å². The third-order valence-electron chi connectivity index (χ3n) is 4.56. The largest absolute Gasteiger partial charge is 0.497 e. The van der Waals surface area contributed by atoms with Crippen molar-refractivity contribution < 1.29 is 14.3 Å². The van der Waals surface area contributed by atoms with E-state index in [0.29, 0.717) is 15.7 Å². The fourth-order valence-electron chi connectivity index (χ4n) is 2.93. The molecule has 4 rings (SSSR count). The number of nitrogens with zero attached hydrogens (tertiary/aromatic N) is 3. The van der Waals surface area contributed by atoms with E-state index in [2.05, 4.69) is 4.98 Å². The summed E-state index contributed by atoms with van der Waals surface area (Å²) in [5, 5.41) is 1.40. The van der Waals surface area contributed by atoms with Crippen LogP contribution in [0.2, 0.25) is 0 Å². The smallest absolute Gasteiger partial charge is 0.179 e. The molecule has 1 aliphatic rings. The van der Waals surface area contributed by atoms with Crippen molar-refractivity contribution in [1.29, 1.82) is 0 Å². The van der Waals surface area contributed by atoms with E-state index in [1.807, 2.05) is 48.5 Å². The van der Waals surface area contributed by atoms with Gasteiger partial charge in [-0.1, -0.05) is 0 Å². The highest BCUT2D eigenvalue weighted by atomic mass is 33.1. The van der Waals surface area contributed by atoms with E-state index < -0.39 is 5.92 Å². The van der Waals surface area contributed by atoms with Crippen molar-refractivity contribution in [2.75, 3.05) is 14.2 Å². The van der Waals surface area contributed by atoms with E-state index in [4.69, 9.17) is 19.5 Å². The van der Waals surface area contributed by atoms with Gasteiger partial charge in [0.25, 0.3) is 0 Å². The highest BCUT2D eigenvalue weighted by Gasteiger charge is 2.38. The number of hydrogen-bond donors (Lipinski definition) is 0. The van der Waals surface area contributed by atoms with Crippen LogP contribution in [0.5, 0.6) is 11.5 Å². The number of methoxy groups -OCH3 is 2. The molecule has 0 amide bonds. The maximum absolute atomic E-state index is 13.4. The second kappa shape index (κ2) is 9.80. The molecule has 0 unspecified atom stereocenters. The highest BCUT2D eigenvalue weighted by Crippen LogP contribution is 2.44. The van der Waals surface area contributed by atoms with Crippen LogP contribution in [0.1, 0.15) is 10.4 Å². The molecule has 1 saturated heterocycles. The van der Waals surface area contributed by atoms with Crippen LogP contribution in [0.15, 0.2) is 83.0 Å². The molecule has 31 heavy (non-hydrogen) atoms. The summed E-state index contributed by atoms with van der Waals surface area (Å²) in [6, 6.07) is 18.3. The van der Waals surface area contributed by atoms with E-state index in [0.717, 1.165) is 22.9 Å². The van der Waals surface area contributed by atoms with Gasteiger partial charge in [0.2, 0.25) is 0 Å². The van der Waals surface area contributed by atoms with E-state index in [-0.39, 0.29) is 5.78 Å². The number of carbonyl (C=O) groups is 1. The minimum atomic E-state index is -0.568. The predicted octanol–water partition coefficient (Wildman–Crippen LogP) is 5.75. The zero-order chi connectivity index (χ0) is 21.6. The Morgan fingerprint density at radius 1 is 0.774 bits per heavy atom. The standard InChI is InChI=1S/C23H19N3O3S2/c1-28-18-7-3-16(4-8-18)25-22-20(21(27)15-11-13-24-14-12-15)23(31-30-22)26-17-5-9-19(29-2)10-6-17/h3-14,20H,1-2H3. The third kappa shape index (κ3) is 4.98. The summed E-state index contributed by atoms with van der Waals surface area (Å²) in [6.45, 7) is 0. The molecule has 0 N–H and O–H groups in total. The van der Waals surface area contributed by atoms with Crippen LogP contribution in [0.3, 0.4) is 0 Å². The van der Waals surface area contributed by atoms with Crippen LogP contribution in [0, 0.1) is 5.92 Å². The lowest BCUT2D eigenvalue weighted by Gasteiger charge is -2.10. The van der Waals surface area contributed by atoms with Gasteiger partial charge in [-0.05, 0) is 82.3 Å². The molecule has 6 nitrogen and oxygen atoms in total. The minimum Gasteiger partial charge on any atom is -0.497 e. The maximum atomic E-state index is 13.4. The summed E-state index contributed by atoms with van der Waals surface area (Å²) in [5.74, 6) is 0.883. The van der Waals surface area contributed by atoms with Gasteiger partial charge in [-0.3, -0.25) is 9.78 Å². The van der Waals surface area contributed by atoms with Gasteiger partial charge < -0.3 is 9.47 Å². The summed E-state index contributed by atoms with van der Waals surface area (Å²) < 4.78 is 10.4. The van der Waals surface area contributed by atoms with E-state index in [1.165, 1.54) is 21.6 Å². The molecule has 1 aromatic heterocycles. The van der Waals surface area contributed by atoms with Crippen molar-refractivity contribution in [3.8, 4) is 11.5 Å². The fourth-order valence-corrected chi connectivity index (χ4v) is 5.40. The van der Waals surface area contributed by atoms with Crippen LogP contribution in [-0.4, -0.2) is 35.1 Å². The minimum absolute atomic E-state index is 0.0561. The van der Waals surface area contributed by atoms with Gasteiger partial charge in [0.15, 0.2) is 5.78 Å². The normalized spacial score (nSPS) is 18.3. The molecule has 0 spiro atoms. The molecule has 0 aliphatic carbocycles. The second-order valence-electron chi connectivity index (χ2n) is 6.50. The molecule has 0 bridgehead atoms. The number of Topliss-reactive ketones (excluding diaryl/α,β-unsaturated/α-hetero) is 1. The molecule has 3 aromatic rings. The molecule has 156 valence electrons. The molecule has 1 fully saturated rings. The first kappa shape index (κ1) is 21.1. The highest BCUT2D eigenvalue weighted by molar-refractivity contribution is 8.88. The van der Waals surface area contributed by atoms with Gasteiger partial charge >= 0.3 is 0 Å². The summed E-state index contributed by atoms with van der Waals surface area (Å²) in [5.41, 5.74) is 2.08. The van der Waals surface area contributed by atoms with Gasteiger partial charge in [-0.2, -0.15) is 0 Å². The number of ketones is 1. The van der Waals surface area contributed by atoms with Gasteiger partial charge in [0.05, 0.1) is 25.6 Å². The third-order valence-corrected chi connectivity index (χ3v) is 6.91. The summed E-state index contributed by atoms with van der Waals surface area (Å²) in [4.78, 5) is 26.9. The topological polar surface area (TPSA) is 73.1 Å². The van der Waals surface area contributed by atoms with Crippen molar-refractivity contribution in [3.63, 3.8) is 0 Å². The molecule has 8 heteroatoms. The Labute approximate surface area is 188 Å². The first-order valence-electron chi connectivity index (χ1n) is 9.42. The molecule has 0 saturated carbocycles.